The molecule has 0 heterocycles. The van der Waals surface area contributed by atoms with E-state index in [1.165, 1.54) is 38.5 Å². The van der Waals surface area contributed by atoms with Crippen molar-refractivity contribution in [2.45, 2.75) is 59.3 Å². The third-order valence-corrected chi connectivity index (χ3v) is 1.98. The highest BCUT2D eigenvalue weighted by molar-refractivity contribution is 4.96. The number of hydrogen-bond acceptors (Lipinski definition) is 0. The van der Waals surface area contributed by atoms with Crippen LogP contribution in [0.5, 0.6) is 0 Å². The average molecular weight is 154 g/mol. The van der Waals surface area contributed by atoms with E-state index in [1.54, 1.807) is 5.57 Å². The lowest BCUT2D eigenvalue weighted by atomic mass is 10.1. The molecule has 11 heavy (non-hydrogen) atoms. The van der Waals surface area contributed by atoms with E-state index in [4.69, 9.17) is 0 Å². The zero-order chi connectivity index (χ0) is 8.53. The lowest BCUT2D eigenvalue weighted by Gasteiger charge is -1.99. The van der Waals surface area contributed by atoms with Crippen molar-refractivity contribution in [3.05, 3.63) is 11.6 Å². The first-order valence-corrected chi connectivity index (χ1v) is 4.96. The fourth-order valence-corrected chi connectivity index (χ4v) is 1.28. The van der Waals surface area contributed by atoms with Gasteiger partial charge in [-0.2, -0.15) is 0 Å². The maximum atomic E-state index is 2.34. The van der Waals surface area contributed by atoms with Gasteiger partial charge in [-0.15, -0.1) is 0 Å². The van der Waals surface area contributed by atoms with Crippen LogP contribution in [0, 0.1) is 0 Å². The minimum atomic E-state index is 1.19. The molecular formula is C11H22. The molecule has 0 nitrogen and oxygen atoms in total. The van der Waals surface area contributed by atoms with Crippen molar-refractivity contribution >= 4 is 0 Å². The first-order chi connectivity index (χ1) is 5.31. The van der Waals surface area contributed by atoms with Crippen LogP contribution in [-0.4, -0.2) is 0 Å². The Balaban J connectivity index is 3.17. The molecule has 0 amide bonds. The zero-order valence-electron chi connectivity index (χ0n) is 8.32. The predicted octanol–water partition coefficient (Wildman–Crippen LogP) is 4.31. The second-order valence-corrected chi connectivity index (χ2v) is 3.27. The Bertz CT molecular complexity index is 101. The molecule has 0 bridgehead atoms. The average Bonchev–Trinajstić information content (AvgIpc) is 1.99. The number of rotatable bonds is 6. The van der Waals surface area contributed by atoms with E-state index in [0.717, 1.165) is 0 Å². The fourth-order valence-electron chi connectivity index (χ4n) is 1.28. The summed E-state index contributed by atoms with van der Waals surface area (Å²) in [5, 5.41) is 0. The van der Waals surface area contributed by atoms with Crippen molar-refractivity contribution in [3.8, 4) is 0 Å². The van der Waals surface area contributed by atoms with Crippen molar-refractivity contribution in [1.82, 2.24) is 0 Å². The second kappa shape index (κ2) is 7.84. The van der Waals surface area contributed by atoms with Gasteiger partial charge in [0.25, 0.3) is 0 Å². The number of unbranched alkanes of at least 4 members (excludes halogenated alkanes) is 3. The van der Waals surface area contributed by atoms with E-state index in [1.807, 2.05) is 0 Å². The first-order valence-electron chi connectivity index (χ1n) is 4.96. The molecule has 66 valence electrons. The van der Waals surface area contributed by atoms with Crippen molar-refractivity contribution in [1.29, 1.82) is 0 Å². The Kier molecular flexibility index (Phi) is 7.66. The molecule has 0 unspecified atom stereocenters. The maximum Gasteiger partial charge on any atom is -0.0323 e. The molecule has 0 saturated carbocycles. The normalized spacial score (nSPS) is 12.1. The summed E-state index contributed by atoms with van der Waals surface area (Å²) in [5.41, 5.74) is 1.57. The topological polar surface area (TPSA) is 0 Å². The van der Waals surface area contributed by atoms with E-state index in [-0.39, 0.29) is 0 Å². The molecule has 0 aromatic rings. The van der Waals surface area contributed by atoms with Gasteiger partial charge in [0, 0.05) is 0 Å². The summed E-state index contributed by atoms with van der Waals surface area (Å²) in [5.74, 6) is 0. The van der Waals surface area contributed by atoms with Gasteiger partial charge in [0.15, 0.2) is 0 Å². The van der Waals surface area contributed by atoms with Crippen molar-refractivity contribution in [2.24, 2.45) is 0 Å². The predicted molar refractivity (Wildman–Crippen MR) is 52.8 cm³/mol. The van der Waals surface area contributed by atoms with E-state index < -0.39 is 0 Å². The van der Waals surface area contributed by atoms with E-state index in [9.17, 15) is 0 Å². The zero-order valence-corrected chi connectivity index (χ0v) is 8.32. The Hall–Kier alpha value is -0.260. The molecule has 0 aromatic heterocycles. The lowest BCUT2D eigenvalue weighted by molar-refractivity contribution is 0.663. The Morgan fingerprint density at radius 3 is 2.36 bits per heavy atom. The minimum Gasteiger partial charge on any atom is -0.0859 e. The molecule has 0 saturated heterocycles. The molecule has 0 atom stereocenters. The molecule has 0 radical (unpaired) electrons. The highest BCUT2D eigenvalue weighted by atomic mass is 14.0. The van der Waals surface area contributed by atoms with Crippen molar-refractivity contribution in [2.75, 3.05) is 0 Å². The van der Waals surface area contributed by atoms with Gasteiger partial charge >= 0.3 is 0 Å². The van der Waals surface area contributed by atoms with Gasteiger partial charge in [-0.1, -0.05) is 44.8 Å². The molecule has 0 heteroatoms. The summed E-state index contributed by atoms with van der Waals surface area (Å²) >= 11 is 0. The summed E-state index contributed by atoms with van der Waals surface area (Å²) in [4.78, 5) is 0. The lowest BCUT2D eigenvalue weighted by Crippen LogP contribution is -1.79. The van der Waals surface area contributed by atoms with Gasteiger partial charge in [0.1, 0.15) is 0 Å². The molecule has 0 aliphatic carbocycles. The van der Waals surface area contributed by atoms with Crippen LogP contribution in [0.25, 0.3) is 0 Å². The van der Waals surface area contributed by atoms with Crippen LogP contribution >= 0.6 is 0 Å². The van der Waals surface area contributed by atoms with Gasteiger partial charge in [-0.25, -0.2) is 0 Å². The van der Waals surface area contributed by atoms with E-state index in [2.05, 4.69) is 26.8 Å². The smallest absolute Gasteiger partial charge is 0.0323 e. The van der Waals surface area contributed by atoms with Crippen LogP contribution in [0.15, 0.2) is 11.6 Å². The molecule has 0 N–H and O–H groups in total. The molecular weight excluding hydrogens is 132 g/mol. The molecule has 0 aromatic carbocycles. The highest BCUT2D eigenvalue weighted by Gasteiger charge is 1.89. The SMILES string of the molecule is CC/C=C(\C)CCCCCC. The summed E-state index contributed by atoms with van der Waals surface area (Å²) in [6.45, 7) is 6.71. The van der Waals surface area contributed by atoms with Crippen LogP contribution in [0.4, 0.5) is 0 Å². The highest BCUT2D eigenvalue weighted by Crippen LogP contribution is 2.09. The molecule has 0 rings (SSSR count). The quantitative estimate of drug-likeness (QED) is 0.395. The summed E-state index contributed by atoms with van der Waals surface area (Å²) in [6.07, 6.45) is 10.4. The molecule has 0 fully saturated rings. The van der Waals surface area contributed by atoms with E-state index >= 15 is 0 Å². The second-order valence-electron chi connectivity index (χ2n) is 3.27. The van der Waals surface area contributed by atoms with Crippen LogP contribution in [0.2, 0.25) is 0 Å². The first kappa shape index (κ1) is 10.7. The van der Waals surface area contributed by atoms with E-state index in [0.29, 0.717) is 0 Å². The van der Waals surface area contributed by atoms with Crippen molar-refractivity contribution < 1.29 is 0 Å². The molecule has 0 spiro atoms. The van der Waals surface area contributed by atoms with Gasteiger partial charge in [-0.05, 0) is 26.2 Å². The summed E-state index contributed by atoms with van der Waals surface area (Å²) in [6, 6.07) is 0. The molecule has 0 aliphatic heterocycles. The van der Waals surface area contributed by atoms with Crippen LogP contribution in [0.3, 0.4) is 0 Å². The van der Waals surface area contributed by atoms with Crippen molar-refractivity contribution in [3.63, 3.8) is 0 Å². The number of hydrogen-bond donors (Lipinski definition) is 0. The Labute approximate surface area is 71.7 Å². The third kappa shape index (κ3) is 7.64. The van der Waals surface area contributed by atoms with Crippen LogP contribution < -0.4 is 0 Å². The van der Waals surface area contributed by atoms with Crippen LogP contribution in [0.1, 0.15) is 59.3 Å². The Morgan fingerprint density at radius 2 is 1.82 bits per heavy atom. The minimum absolute atomic E-state index is 1.19. The molecule has 0 aliphatic rings. The van der Waals surface area contributed by atoms with Gasteiger partial charge in [0.05, 0.1) is 0 Å². The van der Waals surface area contributed by atoms with Gasteiger partial charge < -0.3 is 0 Å². The summed E-state index contributed by atoms with van der Waals surface area (Å²) < 4.78 is 0. The Morgan fingerprint density at radius 1 is 1.09 bits per heavy atom. The number of allylic oxidation sites excluding steroid dienone is 2. The van der Waals surface area contributed by atoms with Gasteiger partial charge in [-0.3, -0.25) is 0 Å². The fraction of sp³-hybridized carbons (Fsp3) is 0.818. The summed E-state index contributed by atoms with van der Waals surface area (Å²) in [7, 11) is 0. The maximum absolute atomic E-state index is 2.34. The van der Waals surface area contributed by atoms with Crippen LogP contribution in [-0.2, 0) is 0 Å². The largest absolute Gasteiger partial charge is 0.0859 e. The third-order valence-electron chi connectivity index (χ3n) is 1.98. The van der Waals surface area contributed by atoms with Gasteiger partial charge in [0.2, 0.25) is 0 Å². The monoisotopic (exact) mass is 154 g/mol. The standard InChI is InChI=1S/C11H22/c1-4-6-7-8-10-11(3)9-5-2/h9H,4-8,10H2,1-3H3/b11-9+.